The Morgan fingerprint density at radius 1 is 1.55 bits per heavy atom. The number of guanidine groups is 1. The first-order chi connectivity index (χ1) is 10.6. The van der Waals surface area contributed by atoms with E-state index in [1.165, 1.54) is 4.90 Å². The number of aliphatic imine (C=N–C) groups is 1. The molecular weight excluding hydrogens is 286 g/mol. The molecule has 2 heterocycles. The van der Waals surface area contributed by atoms with Crippen molar-refractivity contribution in [2.45, 2.75) is 13.3 Å². The van der Waals surface area contributed by atoms with E-state index in [1.807, 2.05) is 14.0 Å². The highest BCUT2D eigenvalue weighted by Crippen LogP contribution is 2.13. The number of hydrogen-bond acceptors (Lipinski definition) is 4. The van der Waals surface area contributed by atoms with Crippen molar-refractivity contribution >= 4 is 17.9 Å². The molecule has 2 rings (SSSR count). The van der Waals surface area contributed by atoms with Gasteiger partial charge >= 0.3 is 6.03 Å². The Kier molecular flexibility index (Phi) is 6.00. The molecule has 0 aromatic carbocycles. The third-order valence-corrected chi connectivity index (χ3v) is 3.77. The third kappa shape index (κ3) is 4.33. The fourth-order valence-electron chi connectivity index (χ4n) is 2.61. The summed E-state index contributed by atoms with van der Waals surface area (Å²) in [6, 6.07) is -0.332. The molecule has 2 aliphatic heterocycles. The highest BCUT2D eigenvalue weighted by Gasteiger charge is 2.27. The zero-order chi connectivity index (χ0) is 15.9. The monoisotopic (exact) mass is 311 g/mol. The number of rotatable bonds is 6. The second-order valence-corrected chi connectivity index (χ2v) is 5.55. The minimum atomic E-state index is -0.332. The molecule has 2 fully saturated rings. The Morgan fingerprint density at radius 2 is 2.36 bits per heavy atom. The van der Waals surface area contributed by atoms with E-state index < -0.39 is 0 Å². The predicted octanol–water partition coefficient (Wildman–Crippen LogP) is -0.528. The molecule has 8 nitrogen and oxygen atoms in total. The molecule has 1 atom stereocenters. The molecule has 2 N–H and O–H groups in total. The van der Waals surface area contributed by atoms with Crippen LogP contribution in [0, 0.1) is 5.92 Å². The fraction of sp³-hybridized carbons (Fsp3) is 0.786. The summed E-state index contributed by atoms with van der Waals surface area (Å²) in [5.41, 5.74) is 0. The van der Waals surface area contributed by atoms with Crippen molar-refractivity contribution in [3.63, 3.8) is 0 Å². The lowest BCUT2D eigenvalue weighted by Crippen LogP contribution is -2.42. The van der Waals surface area contributed by atoms with E-state index in [-0.39, 0.29) is 18.5 Å². The van der Waals surface area contributed by atoms with Gasteiger partial charge in [0, 0.05) is 32.7 Å². The molecule has 22 heavy (non-hydrogen) atoms. The first-order valence-corrected chi connectivity index (χ1v) is 7.77. The zero-order valence-corrected chi connectivity index (χ0v) is 13.3. The Bertz CT molecular complexity index is 418. The molecule has 0 saturated carbocycles. The van der Waals surface area contributed by atoms with Crippen LogP contribution in [0.1, 0.15) is 13.3 Å². The molecule has 2 aliphatic rings. The van der Waals surface area contributed by atoms with Gasteiger partial charge in [-0.1, -0.05) is 0 Å². The topological polar surface area (TPSA) is 86.3 Å². The normalized spacial score (nSPS) is 22.2. The second-order valence-electron chi connectivity index (χ2n) is 5.55. The second kappa shape index (κ2) is 7.98. The molecule has 0 spiro atoms. The molecule has 0 aliphatic carbocycles. The van der Waals surface area contributed by atoms with Gasteiger partial charge < -0.3 is 20.3 Å². The minimum absolute atomic E-state index is 0.0875. The lowest BCUT2D eigenvalue weighted by atomic mass is 10.1. The van der Waals surface area contributed by atoms with Crippen molar-refractivity contribution in [1.82, 2.24) is 20.4 Å². The standard InChI is InChI=1S/C14H25N5O3/c1-3-15-13(18(2)9-11-4-7-22-10-11)16-5-6-19-12(20)8-17-14(19)21/h11H,3-10H2,1-2H3,(H,15,16)(H,17,21). The van der Waals surface area contributed by atoms with Crippen molar-refractivity contribution in [3.05, 3.63) is 0 Å². The third-order valence-electron chi connectivity index (χ3n) is 3.77. The Labute approximate surface area is 130 Å². The van der Waals surface area contributed by atoms with Gasteiger partial charge in [-0.3, -0.25) is 14.7 Å². The van der Waals surface area contributed by atoms with E-state index in [2.05, 4.69) is 20.5 Å². The van der Waals surface area contributed by atoms with Crippen LogP contribution in [0.25, 0.3) is 0 Å². The maximum absolute atomic E-state index is 11.5. The summed E-state index contributed by atoms with van der Waals surface area (Å²) in [7, 11) is 1.99. The number of nitrogens with one attached hydrogen (secondary N) is 2. The Morgan fingerprint density at radius 3 is 2.95 bits per heavy atom. The number of imide groups is 1. The number of ether oxygens (including phenoxy) is 1. The average Bonchev–Trinajstić information content (AvgIpc) is 3.10. The van der Waals surface area contributed by atoms with Gasteiger partial charge in [0.25, 0.3) is 0 Å². The van der Waals surface area contributed by atoms with Gasteiger partial charge in [0.05, 0.1) is 26.2 Å². The summed E-state index contributed by atoms with van der Waals surface area (Å²) in [4.78, 5) is 30.7. The fourth-order valence-corrected chi connectivity index (χ4v) is 2.61. The number of nitrogens with zero attached hydrogens (tertiary/aromatic N) is 3. The van der Waals surface area contributed by atoms with Crippen molar-refractivity contribution in [2.75, 3.05) is 53.0 Å². The van der Waals surface area contributed by atoms with E-state index in [9.17, 15) is 9.59 Å². The van der Waals surface area contributed by atoms with Crippen LogP contribution in [-0.2, 0) is 9.53 Å². The van der Waals surface area contributed by atoms with Gasteiger partial charge in [0.1, 0.15) is 0 Å². The van der Waals surface area contributed by atoms with Crippen LogP contribution < -0.4 is 10.6 Å². The van der Waals surface area contributed by atoms with Crippen molar-refractivity contribution < 1.29 is 14.3 Å². The summed E-state index contributed by atoms with van der Waals surface area (Å²) < 4.78 is 5.39. The molecule has 0 aromatic heterocycles. The Balaban J connectivity index is 1.85. The van der Waals surface area contributed by atoms with Gasteiger partial charge in [0.15, 0.2) is 5.96 Å². The summed E-state index contributed by atoms with van der Waals surface area (Å²) in [6.07, 6.45) is 1.08. The van der Waals surface area contributed by atoms with E-state index in [0.29, 0.717) is 19.0 Å². The minimum Gasteiger partial charge on any atom is -0.381 e. The number of amides is 3. The van der Waals surface area contributed by atoms with Crippen molar-refractivity contribution in [1.29, 1.82) is 0 Å². The summed E-state index contributed by atoms with van der Waals surface area (Å²) in [5, 5.41) is 5.74. The lowest BCUT2D eigenvalue weighted by Gasteiger charge is -2.24. The van der Waals surface area contributed by atoms with Gasteiger partial charge in [0.2, 0.25) is 5.91 Å². The number of hydrogen-bond donors (Lipinski definition) is 2. The van der Waals surface area contributed by atoms with Crippen LogP contribution >= 0.6 is 0 Å². The molecule has 2 saturated heterocycles. The number of carbonyl (C=O) groups is 2. The summed E-state index contributed by atoms with van der Waals surface area (Å²) >= 11 is 0. The van der Waals surface area contributed by atoms with Crippen LogP contribution in [0.5, 0.6) is 0 Å². The predicted molar refractivity (Wildman–Crippen MR) is 82.6 cm³/mol. The van der Waals surface area contributed by atoms with E-state index in [1.54, 1.807) is 0 Å². The van der Waals surface area contributed by atoms with Crippen molar-refractivity contribution in [2.24, 2.45) is 10.9 Å². The molecule has 1 unspecified atom stereocenters. The maximum atomic E-state index is 11.5. The van der Waals surface area contributed by atoms with Gasteiger partial charge in [-0.2, -0.15) is 0 Å². The Hall–Kier alpha value is -1.83. The largest absolute Gasteiger partial charge is 0.381 e. The van der Waals surface area contributed by atoms with Crippen LogP contribution in [0.2, 0.25) is 0 Å². The van der Waals surface area contributed by atoms with Gasteiger partial charge in [-0.15, -0.1) is 0 Å². The summed E-state index contributed by atoms with van der Waals surface area (Å²) in [6.45, 7) is 6.09. The number of urea groups is 1. The van der Waals surface area contributed by atoms with E-state index >= 15 is 0 Å². The highest BCUT2D eigenvalue weighted by atomic mass is 16.5. The quantitative estimate of drug-likeness (QED) is 0.391. The molecule has 124 valence electrons. The first kappa shape index (κ1) is 16.5. The van der Waals surface area contributed by atoms with E-state index in [4.69, 9.17) is 4.74 Å². The van der Waals surface area contributed by atoms with Gasteiger partial charge in [-0.25, -0.2) is 4.79 Å². The number of carbonyl (C=O) groups excluding carboxylic acids is 2. The van der Waals surface area contributed by atoms with E-state index in [0.717, 1.165) is 38.7 Å². The van der Waals surface area contributed by atoms with Gasteiger partial charge in [-0.05, 0) is 13.3 Å². The lowest BCUT2D eigenvalue weighted by molar-refractivity contribution is -0.124. The average molecular weight is 311 g/mol. The molecule has 0 bridgehead atoms. The van der Waals surface area contributed by atoms with Crippen LogP contribution in [-0.4, -0.2) is 80.7 Å². The molecule has 3 amide bonds. The smallest absolute Gasteiger partial charge is 0.324 e. The SMILES string of the molecule is CCNC(=NCCN1C(=O)CNC1=O)N(C)CC1CCOC1. The highest BCUT2D eigenvalue weighted by molar-refractivity contribution is 6.01. The molecule has 0 aromatic rings. The van der Waals surface area contributed by atoms with Crippen LogP contribution in [0.3, 0.4) is 0 Å². The van der Waals surface area contributed by atoms with Crippen LogP contribution in [0.15, 0.2) is 4.99 Å². The van der Waals surface area contributed by atoms with Crippen LogP contribution in [0.4, 0.5) is 4.79 Å². The van der Waals surface area contributed by atoms with Crippen molar-refractivity contribution in [3.8, 4) is 0 Å². The zero-order valence-electron chi connectivity index (χ0n) is 13.3. The molecular formula is C14H25N5O3. The molecule has 0 radical (unpaired) electrons. The maximum Gasteiger partial charge on any atom is 0.324 e. The molecule has 8 heteroatoms. The summed E-state index contributed by atoms with van der Waals surface area (Å²) in [5.74, 6) is 1.13. The first-order valence-electron chi connectivity index (χ1n) is 7.77.